The summed E-state index contributed by atoms with van der Waals surface area (Å²) in [6.45, 7) is 4.36. The number of ketones is 2. The third kappa shape index (κ3) is 2.26. The Morgan fingerprint density at radius 3 is 2.62 bits per heavy atom. The van der Waals surface area contributed by atoms with Gasteiger partial charge in [-0.1, -0.05) is 31.0 Å². The number of hydrogen-bond acceptors (Lipinski definition) is 5. The van der Waals surface area contributed by atoms with Gasteiger partial charge in [0.15, 0.2) is 17.2 Å². The SMILES string of the molecule is C[C@H]1C[C@H]2[C@@H]3CCC4=CC(=O)C(Cl)=C[C@]4(C)[C@@]3(F)[C@@H](O)C[C@]2(C)[C@@]1(O)C(=O)CO. The van der Waals surface area contributed by atoms with Crippen LogP contribution in [-0.2, 0) is 9.59 Å². The molecular weight excluding hydrogens is 399 g/mol. The molecule has 160 valence electrons. The molecule has 8 atom stereocenters. The van der Waals surface area contributed by atoms with Gasteiger partial charge in [0.25, 0.3) is 0 Å². The van der Waals surface area contributed by atoms with Crippen molar-refractivity contribution >= 4 is 23.2 Å². The fraction of sp³-hybridized carbons (Fsp3) is 0.727. The molecule has 0 aliphatic heterocycles. The van der Waals surface area contributed by atoms with E-state index in [1.807, 2.05) is 0 Å². The predicted octanol–water partition coefficient (Wildman–Crippen LogP) is 2.46. The van der Waals surface area contributed by atoms with Gasteiger partial charge in [0.05, 0.1) is 11.1 Å². The second-order valence-electron chi connectivity index (χ2n) is 9.87. The van der Waals surface area contributed by atoms with Gasteiger partial charge in [0, 0.05) is 16.7 Å². The zero-order valence-electron chi connectivity index (χ0n) is 16.9. The van der Waals surface area contributed by atoms with Crippen molar-refractivity contribution in [1.29, 1.82) is 0 Å². The number of halogens is 2. The highest BCUT2D eigenvalue weighted by Gasteiger charge is 2.75. The van der Waals surface area contributed by atoms with Crippen LogP contribution in [-0.4, -0.2) is 50.9 Å². The molecule has 3 N–H and O–H groups in total. The lowest BCUT2D eigenvalue weighted by atomic mass is 9.44. The highest BCUT2D eigenvalue weighted by molar-refractivity contribution is 6.44. The van der Waals surface area contributed by atoms with Crippen LogP contribution in [0.4, 0.5) is 4.39 Å². The van der Waals surface area contributed by atoms with Gasteiger partial charge in [0.1, 0.15) is 12.2 Å². The Labute approximate surface area is 174 Å². The molecule has 4 rings (SSSR count). The molecule has 0 heterocycles. The molecule has 0 saturated heterocycles. The molecule has 4 aliphatic rings. The van der Waals surface area contributed by atoms with E-state index in [1.165, 1.54) is 12.2 Å². The first-order chi connectivity index (χ1) is 13.4. The van der Waals surface area contributed by atoms with Crippen LogP contribution in [0.15, 0.2) is 22.8 Å². The predicted molar refractivity (Wildman–Crippen MR) is 105 cm³/mol. The van der Waals surface area contributed by atoms with Crippen molar-refractivity contribution in [3.63, 3.8) is 0 Å². The molecule has 29 heavy (non-hydrogen) atoms. The second-order valence-corrected chi connectivity index (χ2v) is 10.3. The van der Waals surface area contributed by atoms with Crippen molar-refractivity contribution in [2.75, 3.05) is 6.61 Å². The first-order valence-corrected chi connectivity index (χ1v) is 10.6. The van der Waals surface area contributed by atoms with Gasteiger partial charge in [-0.3, -0.25) is 9.59 Å². The number of allylic oxidation sites excluding steroid dienone is 4. The van der Waals surface area contributed by atoms with E-state index in [1.54, 1.807) is 20.8 Å². The Morgan fingerprint density at radius 1 is 1.34 bits per heavy atom. The Bertz CT molecular complexity index is 854. The van der Waals surface area contributed by atoms with Crippen LogP contribution in [0.2, 0.25) is 0 Å². The van der Waals surface area contributed by atoms with Crippen molar-refractivity contribution in [2.45, 2.75) is 63.8 Å². The van der Waals surface area contributed by atoms with Gasteiger partial charge in [-0.2, -0.15) is 0 Å². The van der Waals surface area contributed by atoms with Crippen molar-refractivity contribution in [1.82, 2.24) is 0 Å². The minimum absolute atomic E-state index is 0.0544. The fourth-order valence-corrected chi connectivity index (χ4v) is 7.59. The van der Waals surface area contributed by atoms with Crippen LogP contribution >= 0.6 is 11.6 Å². The molecule has 0 amide bonds. The zero-order chi connectivity index (χ0) is 21.6. The number of aliphatic hydroxyl groups is 3. The molecule has 3 saturated carbocycles. The maximum Gasteiger partial charge on any atom is 0.196 e. The number of rotatable bonds is 2. The lowest BCUT2D eigenvalue weighted by Crippen LogP contribution is -2.69. The summed E-state index contributed by atoms with van der Waals surface area (Å²) < 4.78 is 17.0. The summed E-state index contributed by atoms with van der Waals surface area (Å²) in [5, 5.41) is 32.0. The molecular formula is C22H28ClFO5. The highest BCUT2D eigenvalue weighted by Crippen LogP contribution is 2.70. The van der Waals surface area contributed by atoms with Gasteiger partial charge < -0.3 is 15.3 Å². The smallest absolute Gasteiger partial charge is 0.196 e. The van der Waals surface area contributed by atoms with Crippen LogP contribution in [0, 0.1) is 28.6 Å². The van der Waals surface area contributed by atoms with E-state index in [9.17, 15) is 24.9 Å². The summed E-state index contributed by atoms with van der Waals surface area (Å²) in [5.74, 6) is -2.47. The number of carbonyl (C=O) groups excluding carboxylic acids is 2. The van der Waals surface area contributed by atoms with Crippen molar-refractivity contribution in [3.8, 4) is 0 Å². The third-order valence-electron chi connectivity index (χ3n) is 8.85. The van der Waals surface area contributed by atoms with E-state index in [0.717, 1.165) is 0 Å². The van der Waals surface area contributed by atoms with Crippen molar-refractivity contribution in [2.24, 2.45) is 28.6 Å². The molecule has 0 unspecified atom stereocenters. The molecule has 0 radical (unpaired) electrons. The maximum atomic E-state index is 17.0. The average Bonchev–Trinajstić information content (AvgIpc) is 2.85. The highest BCUT2D eigenvalue weighted by atomic mass is 35.5. The summed E-state index contributed by atoms with van der Waals surface area (Å²) in [5.41, 5.74) is -5.55. The fourth-order valence-electron chi connectivity index (χ4n) is 7.31. The first-order valence-electron chi connectivity index (χ1n) is 10.2. The van der Waals surface area contributed by atoms with E-state index >= 15 is 4.39 Å². The van der Waals surface area contributed by atoms with Crippen LogP contribution in [0.5, 0.6) is 0 Å². The molecule has 0 aromatic carbocycles. The molecule has 5 nitrogen and oxygen atoms in total. The lowest BCUT2D eigenvalue weighted by Gasteiger charge is -2.62. The van der Waals surface area contributed by atoms with E-state index in [4.69, 9.17) is 11.6 Å². The monoisotopic (exact) mass is 426 g/mol. The van der Waals surface area contributed by atoms with Crippen LogP contribution in [0.25, 0.3) is 0 Å². The quantitative estimate of drug-likeness (QED) is 0.630. The summed E-state index contributed by atoms with van der Waals surface area (Å²) in [6, 6.07) is 0. The van der Waals surface area contributed by atoms with E-state index in [2.05, 4.69) is 0 Å². The molecule has 0 aromatic rings. The largest absolute Gasteiger partial charge is 0.390 e. The number of hydrogen-bond donors (Lipinski definition) is 3. The van der Waals surface area contributed by atoms with Gasteiger partial charge in [-0.25, -0.2) is 4.39 Å². The van der Waals surface area contributed by atoms with E-state index in [-0.39, 0.29) is 23.2 Å². The summed E-state index contributed by atoms with van der Waals surface area (Å²) in [4.78, 5) is 24.6. The molecule has 0 spiro atoms. The maximum absolute atomic E-state index is 17.0. The number of carbonyl (C=O) groups is 2. The molecule has 7 heteroatoms. The molecule has 3 fully saturated rings. The van der Waals surface area contributed by atoms with Gasteiger partial charge in [0.2, 0.25) is 0 Å². The van der Waals surface area contributed by atoms with Gasteiger partial charge in [-0.05, 0) is 56.6 Å². The zero-order valence-corrected chi connectivity index (χ0v) is 17.7. The Morgan fingerprint density at radius 2 is 2.00 bits per heavy atom. The molecule has 4 aliphatic carbocycles. The summed E-state index contributed by atoms with van der Waals surface area (Å²) >= 11 is 6.09. The van der Waals surface area contributed by atoms with Crippen molar-refractivity contribution in [3.05, 3.63) is 22.8 Å². The number of Topliss-reactive ketones (excluding diaryl/α,β-unsaturated/α-hetero) is 1. The lowest BCUT2D eigenvalue weighted by molar-refractivity contribution is -0.219. The number of fused-ring (bicyclic) bond motifs is 5. The summed E-state index contributed by atoms with van der Waals surface area (Å²) in [6.07, 6.45) is 2.58. The number of alkyl halides is 1. The topological polar surface area (TPSA) is 94.8 Å². The normalized spacial score (nSPS) is 51.5. The van der Waals surface area contributed by atoms with Gasteiger partial charge >= 0.3 is 0 Å². The molecule has 0 aromatic heterocycles. The minimum Gasteiger partial charge on any atom is -0.390 e. The minimum atomic E-state index is -2.07. The van der Waals surface area contributed by atoms with E-state index < -0.39 is 52.4 Å². The van der Waals surface area contributed by atoms with Crippen molar-refractivity contribution < 1.29 is 29.3 Å². The van der Waals surface area contributed by atoms with Crippen LogP contribution in [0.1, 0.15) is 46.5 Å². The Kier molecular flexibility index (Phi) is 4.54. The molecule has 0 bridgehead atoms. The van der Waals surface area contributed by atoms with Crippen LogP contribution in [0.3, 0.4) is 0 Å². The Hall–Kier alpha value is -1.08. The first kappa shape index (κ1) is 21.2. The second kappa shape index (κ2) is 6.22. The Balaban J connectivity index is 1.85. The van der Waals surface area contributed by atoms with Crippen LogP contribution < -0.4 is 0 Å². The van der Waals surface area contributed by atoms with Gasteiger partial charge in [-0.15, -0.1) is 0 Å². The van der Waals surface area contributed by atoms with E-state index in [0.29, 0.717) is 24.8 Å². The number of aliphatic hydroxyl groups excluding tert-OH is 2. The third-order valence-corrected chi connectivity index (χ3v) is 9.15. The average molecular weight is 427 g/mol. The standard InChI is InChI=1S/C22H28ClFO5/c1-11-6-14-13-5-4-12-7-16(26)15(23)8-19(12,2)21(13,24)17(27)9-20(14,3)22(11,29)18(28)10-25/h7-8,11,13-14,17,25,27,29H,4-6,9-10H2,1-3H3/t11-,13-,14-,17-,19-,20-,21-,22-/m0/s1. The summed E-state index contributed by atoms with van der Waals surface area (Å²) in [7, 11) is 0.